The number of fused-ring (bicyclic) bond motifs is 1. The van der Waals surface area contributed by atoms with Crippen molar-refractivity contribution in [2.45, 2.75) is 26.4 Å². The minimum atomic E-state index is -0.532. The van der Waals surface area contributed by atoms with Crippen LogP contribution in [0.15, 0.2) is 38.3 Å². The van der Waals surface area contributed by atoms with E-state index in [4.69, 9.17) is 9.15 Å². The van der Waals surface area contributed by atoms with Crippen molar-refractivity contribution in [3.8, 4) is 6.01 Å². The third kappa shape index (κ3) is 3.52. The number of aromatic nitrogens is 2. The molecule has 0 bridgehead atoms. The molecule has 0 unspecified atom stereocenters. The predicted molar refractivity (Wildman–Crippen MR) is 102 cm³/mol. The van der Waals surface area contributed by atoms with Crippen LogP contribution in [0.4, 0.5) is 0 Å². The summed E-state index contributed by atoms with van der Waals surface area (Å²) in [6, 6.07) is 7.46. The molecule has 0 saturated carbocycles. The average Bonchev–Trinajstić information content (AvgIpc) is 2.52. The molecule has 1 aromatic carbocycles. The van der Waals surface area contributed by atoms with Crippen molar-refractivity contribution >= 4 is 37.7 Å². The van der Waals surface area contributed by atoms with Crippen LogP contribution in [0.25, 0.3) is 11.1 Å². The number of aryl methyl sites for hydroxylation is 1. The molecule has 0 fully saturated rings. The Morgan fingerprint density at radius 3 is 2.52 bits per heavy atom. The Bertz CT molecular complexity index is 1040. The van der Waals surface area contributed by atoms with Crippen molar-refractivity contribution in [2.24, 2.45) is 0 Å². The molecule has 0 radical (unpaired) electrons. The normalized spacial score (nSPS) is 12.2. The van der Waals surface area contributed by atoms with E-state index in [-0.39, 0.29) is 28.8 Å². The summed E-state index contributed by atoms with van der Waals surface area (Å²) in [7, 11) is 4.03. The van der Waals surface area contributed by atoms with Crippen molar-refractivity contribution in [1.29, 1.82) is 0 Å². The second-order valence-corrected chi connectivity index (χ2v) is 6.18. The fourth-order valence-corrected chi connectivity index (χ4v) is 2.94. The van der Waals surface area contributed by atoms with Crippen molar-refractivity contribution in [3.05, 3.63) is 56.2 Å². The molecule has 2 heterocycles. The van der Waals surface area contributed by atoms with Gasteiger partial charge in [-0.05, 0) is 24.5 Å². The lowest BCUT2D eigenvalue weighted by atomic mass is 9.85. The monoisotopic (exact) mass is 336 g/mol. The van der Waals surface area contributed by atoms with E-state index in [0.717, 1.165) is 16.5 Å². The number of hydrogen-bond acceptors (Lipinski definition) is 5. The quantitative estimate of drug-likeness (QED) is 0.624. The minimum absolute atomic E-state index is 0.00396. The second kappa shape index (κ2) is 6.63. The van der Waals surface area contributed by atoms with Crippen LogP contribution in [0.5, 0.6) is 6.01 Å². The zero-order chi connectivity index (χ0) is 18.1. The van der Waals surface area contributed by atoms with Gasteiger partial charge in [0.2, 0.25) is 5.71 Å². The summed E-state index contributed by atoms with van der Waals surface area (Å²) in [6.07, 6.45) is 0.215. The van der Waals surface area contributed by atoms with Gasteiger partial charge in [-0.2, -0.15) is 4.98 Å². The molecule has 2 aromatic heterocycles. The highest BCUT2D eigenvalue weighted by molar-refractivity contribution is 6.37. The molecule has 0 saturated heterocycles. The van der Waals surface area contributed by atoms with Crippen molar-refractivity contribution in [1.82, 2.24) is 9.97 Å². The Morgan fingerprint density at radius 1 is 1.20 bits per heavy atom. The number of ether oxygens (including phenoxy) is 1. The summed E-state index contributed by atoms with van der Waals surface area (Å²) in [6.45, 7) is 3.73. The molecule has 0 spiro atoms. The number of hydrogen-bond donors (Lipinski definition) is 1. The topological polar surface area (TPSA) is 85.2 Å². The largest absolute Gasteiger partial charge is 0.457 e. The van der Waals surface area contributed by atoms with Gasteiger partial charge in [0.05, 0.1) is 0 Å². The molecule has 0 aliphatic carbocycles. The Labute approximate surface area is 146 Å². The van der Waals surface area contributed by atoms with Crippen molar-refractivity contribution in [2.75, 3.05) is 0 Å². The summed E-state index contributed by atoms with van der Waals surface area (Å²) < 4.78 is 10.9. The number of nitrogens with zero attached hydrogens (tertiary/aromatic N) is 1. The molecule has 3 rings (SSSR count). The predicted octanol–water partition coefficient (Wildman–Crippen LogP) is -0.904. The Balaban J connectivity index is 2.02. The Hall–Kier alpha value is -2.76. The molecule has 1 N–H and O–H groups in total. The summed E-state index contributed by atoms with van der Waals surface area (Å²) in [4.78, 5) is 30.8. The van der Waals surface area contributed by atoms with Crippen molar-refractivity contribution < 1.29 is 9.15 Å². The molecule has 0 amide bonds. The molecule has 0 aliphatic rings. The highest BCUT2D eigenvalue weighted by Crippen LogP contribution is 2.19. The molecule has 3 aromatic rings. The van der Waals surface area contributed by atoms with E-state index >= 15 is 0 Å². The van der Waals surface area contributed by atoms with Crippen molar-refractivity contribution in [3.63, 3.8) is 0 Å². The number of H-pyrrole nitrogens is 1. The molecule has 8 heteroatoms. The zero-order valence-corrected chi connectivity index (χ0v) is 14.7. The van der Waals surface area contributed by atoms with Crippen LogP contribution in [-0.2, 0) is 6.42 Å². The van der Waals surface area contributed by atoms with E-state index in [2.05, 4.69) is 16.0 Å². The maximum atomic E-state index is 12.4. The summed E-state index contributed by atoms with van der Waals surface area (Å²) >= 11 is 0. The second-order valence-electron chi connectivity index (χ2n) is 6.18. The molecule has 1 atom stereocenters. The van der Waals surface area contributed by atoms with Gasteiger partial charge in [-0.15, -0.1) is 0 Å². The van der Waals surface area contributed by atoms with Crippen LogP contribution >= 0.6 is 0 Å². The number of nitrogens with one attached hydrogen (secondary N) is 1. The third-order valence-corrected chi connectivity index (χ3v) is 4.06. The maximum absolute atomic E-state index is 12.4. The van der Waals surface area contributed by atoms with Crippen LogP contribution in [0.2, 0.25) is 0 Å². The minimum Gasteiger partial charge on any atom is -0.457 e. The van der Waals surface area contributed by atoms with Crippen LogP contribution in [-0.4, -0.2) is 25.7 Å². The van der Waals surface area contributed by atoms with Gasteiger partial charge in [0.25, 0.3) is 11.6 Å². The number of benzene rings is 1. The molecule has 0 aliphatic heterocycles. The summed E-state index contributed by atoms with van der Waals surface area (Å²) in [5.74, 6) is 0. The molecular formula is C17H18B2N2O4. The first-order valence-corrected chi connectivity index (χ1v) is 8.19. The molecule has 25 heavy (non-hydrogen) atoms. The average molecular weight is 336 g/mol. The fourth-order valence-electron chi connectivity index (χ4n) is 2.94. The lowest BCUT2D eigenvalue weighted by molar-refractivity contribution is 0.207. The highest BCUT2D eigenvalue weighted by atomic mass is 16.5. The lowest BCUT2D eigenvalue weighted by Gasteiger charge is -2.15. The van der Waals surface area contributed by atoms with Crippen LogP contribution in [0.1, 0.15) is 31.1 Å². The maximum Gasteiger partial charge on any atom is 0.337 e. The van der Waals surface area contributed by atoms with E-state index < -0.39 is 5.63 Å². The van der Waals surface area contributed by atoms with E-state index in [0.29, 0.717) is 12.0 Å². The van der Waals surface area contributed by atoms with E-state index in [1.165, 1.54) is 6.07 Å². The van der Waals surface area contributed by atoms with Gasteiger partial charge in [0, 0.05) is 6.07 Å². The standard InChI is InChI=1S/C17H18B2N2O4/c1-3-9-6-13(22)25-16-14(9)15(23)20-17(21-16)24-8(2)10-4-11(18)7-12(19)5-10/h4-8H,3,18-19H2,1-2H3,(H,20,21,23)/t8-/m1/s1. The van der Waals surface area contributed by atoms with Gasteiger partial charge in [-0.3, -0.25) is 9.78 Å². The van der Waals surface area contributed by atoms with Gasteiger partial charge in [-0.1, -0.05) is 36.0 Å². The van der Waals surface area contributed by atoms with Gasteiger partial charge in [0.1, 0.15) is 27.2 Å². The first kappa shape index (κ1) is 17.1. The Kier molecular flexibility index (Phi) is 4.53. The zero-order valence-electron chi connectivity index (χ0n) is 14.7. The molecular weight excluding hydrogens is 318 g/mol. The number of aromatic amines is 1. The van der Waals surface area contributed by atoms with Gasteiger partial charge >= 0.3 is 5.63 Å². The van der Waals surface area contributed by atoms with Crippen LogP contribution in [0, 0.1) is 0 Å². The summed E-state index contributed by atoms with van der Waals surface area (Å²) in [5, 5.41) is 0.286. The van der Waals surface area contributed by atoms with E-state index in [1.54, 1.807) is 0 Å². The highest BCUT2D eigenvalue weighted by Gasteiger charge is 2.15. The molecule has 126 valence electrons. The lowest BCUT2D eigenvalue weighted by Crippen LogP contribution is -2.19. The van der Waals surface area contributed by atoms with Gasteiger partial charge < -0.3 is 9.15 Å². The Morgan fingerprint density at radius 2 is 1.88 bits per heavy atom. The van der Waals surface area contributed by atoms with Gasteiger partial charge in [-0.25, -0.2) is 4.79 Å². The first-order valence-electron chi connectivity index (χ1n) is 8.19. The van der Waals surface area contributed by atoms with Crippen LogP contribution < -0.4 is 26.8 Å². The smallest absolute Gasteiger partial charge is 0.337 e. The van der Waals surface area contributed by atoms with E-state index in [9.17, 15) is 9.59 Å². The number of rotatable bonds is 4. The van der Waals surface area contributed by atoms with E-state index in [1.807, 2.05) is 41.7 Å². The third-order valence-electron chi connectivity index (χ3n) is 4.06. The fraction of sp³-hybridized carbons (Fsp3) is 0.235. The van der Waals surface area contributed by atoms with Gasteiger partial charge in [0.15, 0.2) is 0 Å². The summed E-state index contributed by atoms with van der Waals surface area (Å²) in [5.41, 5.74) is 2.92. The SMILES string of the molecule is Bc1cc(B)cc([C@@H](C)Oc2nc3oc(=O)cc(CC)c3c(=O)[nH]2)c1. The van der Waals surface area contributed by atoms with Crippen LogP contribution in [0.3, 0.4) is 0 Å². The first-order chi connectivity index (χ1) is 11.9. The molecule has 6 nitrogen and oxygen atoms in total.